The van der Waals surface area contributed by atoms with E-state index in [0.29, 0.717) is 17.9 Å². The average molecular weight is 293 g/mol. The maximum absolute atomic E-state index is 4.00. The fourth-order valence-corrected chi connectivity index (χ4v) is 2.65. The molecule has 0 heterocycles. The first-order valence-corrected chi connectivity index (χ1v) is 8.23. The van der Waals surface area contributed by atoms with Gasteiger partial charge in [-0.15, -0.1) is 0 Å². The fraction of sp³-hybridized carbons (Fsp3) is 0.667. The molecular formula is C18H35N3. The first-order chi connectivity index (χ1) is 10.0. The van der Waals surface area contributed by atoms with Gasteiger partial charge < -0.3 is 5.32 Å². The lowest BCUT2D eigenvalue weighted by Crippen LogP contribution is -2.20. The Morgan fingerprint density at radius 2 is 1.43 bits per heavy atom. The van der Waals surface area contributed by atoms with Crippen molar-refractivity contribution in [3.8, 4) is 0 Å². The fourth-order valence-electron chi connectivity index (χ4n) is 2.65. The predicted molar refractivity (Wildman–Crippen MR) is 95.6 cm³/mol. The van der Waals surface area contributed by atoms with E-state index in [1.165, 1.54) is 36.1 Å². The summed E-state index contributed by atoms with van der Waals surface area (Å²) in [6.45, 7) is 13.7. The van der Waals surface area contributed by atoms with Crippen molar-refractivity contribution in [2.45, 2.75) is 78.7 Å². The summed E-state index contributed by atoms with van der Waals surface area (Å²) < 4.78 is 0. The number of para-hydroxylation sites is 1. The molecule has 0 radical (unpaired) electrons. The van der Waals surface area contributed by atoms with Gasteiger partial charge in [-0.3, -0.25) is 11.7 Å². The van der Waals surface area contributed by atoms with Crippen LogP contribution in [0.5, 0.6) is 0 Å². The molecule has 122 valence electrons. The topological polar surface area (TPSA) is 64.1 Å². The molecule has 3 nitrogen and oxygen atoms in total. The predicted octanol–water partition coefficient (Wildman–Crippen LogP) is 4.74. The summed E-state index contributed by atoms with van der Waals surface area (Å²) in [7, 11) is 0. The van der Waals surface area contributed by atoms with Gasteiger partial charge in [-0.1, -0.05) is 66.2 Å². The van der Waals surface area contributed by atoms with Gasteiger partial charge in [0, 0.05) is 11.7 Å². The average Bonchev–Trinajstić information content (AvgIpc) is 2.48. The van der Waals surface area contributed by atoms with E-state index in [9.17, 15) is 0 Å². The highest BCUT2D eigenvalue weighted by Gasteiger charge is 2.16. The molecule has 1 atom stereocenters. The molecule has 3 heteroatoms. The molecule has 0 aliphatic carbocycles. The van der Waals surface area contributed by atoms with Gasteiger partial charge in [-0.25, -0.2) is 0 Å². The molecule has 0 aromatic heterocycles. The van der Waals surface area contributed by atoms with Gasteiger partial charge in [-0.05, 0) is 35.8 Å². The van der Waals surface area contributed by atoms with E-state index >= 15 is 0 Å². The number of nitrogens with one attached hydrogen (secondary N) is 1. The molecule has 21 heavy (non-hydrogen) atoms. The van der Waals surface area contributed by atoms with E-state index in [4.69, 9.17) is 0 Å². The zero-order valence-corrected chi connectivity index (χ0v) is 14.7. The normalized spacial score (nSPS) is 12.1. The van der Waals surface area contributed by atoms with E-state index < -0.39 is 0 Å². The number of hydrogen-bond donors (Lipinski definition) is 3. The lowest BCUT2D eigenvalue weighted by molar-refractivity contribution is 0.619. The van der Waals surface area contributed by atoms with Crippen LogP contribution in [-0.4, -0.2) is 6.04 Å². The Morgan fingerprint density at radius 1 is 0.952 bits per heavy atom. The lowest BCUT2D eigenvalue weighted by Gasteiger charge is -2.25. The molecular weight excluding hydrogens is 258 g/mol. The summed E-state index contributed by atoms with van der Waals surface area (Å²) in [5.41, 5.74) is 4.31. The Bertz CT molecular complexity index is 360. The molecule has 1 aromatic rings. The molecule has 0 saturated heterocycles. The lowest BCUT2D eigenvalue weighted by atomic mass is 9.92. The molecule has 1 unspecified atom stereocenters. The maximum Gasteiger partial charge on any atom is 0.0412 e. The van der Waals surface area contributed by atoms with Crippen molar-refractivity contribution in [3.05, 3.63) is 29.3 Å². The van der Waals surface area contributed by atoms with Gasteiger partial charge in [0.05, 0.1) is 0 Å². The molecule has 0 fully saturated rings. The summed E-state index contributed by atoms with van der Waals surface area (Å²) in [6, 6.07) is 7.36. The van der Waals surface area contributed by atoms with Crippen LogP contribution in [0.4, 0.5) is 5.69 Å². The number of rotatable bonds is 7. The number of anilines is 1. The van der Waals surface area contributed by atoms with Gasteiger partial charge in [-0.2, -0.15) is 0 Å². The van der Waals surface area contributed by atoms with Crippen molar-refractivity contribution in [1.29, 1.82) is 0 Å². The van der Waals surface area contributed by atoms with Crippen LogP contribution < -0.4 is 17.0 Å². The Morgan fingerprint density at radius 3 is 1.76 bits per heavy atom. The SMILES string of the molecule is CCCC(CC)Nc1c(C(C)C)cccc1C(C)C.NN. The van der Waals surface area contributed by atoms with Crippen LogP contribution in [-0.2, 0) is 0 Å². The van der Waals surface area contributed by atoms with Crippen LogP contribution in [0.25, 0.3) is 0 Å². The second kappa shape index (κ2) is 10.6. The van der Waals surface area contributed by atoms with Crippen molar-refractivity contribution in [1.82, 2.24) is 0 Å². The highest BCUT2D eigenvalue weighted by molar-refractivity contribution is 5.60. The van der Waals surface area contributed by atoms with Crippen molar-refractivity contribution in [2.24, 2.45) is 11.7 Å². The first-order valence-electron chi connectivity index (χ1n) is 8.23. The minimum atomic E-state index is 0.570. The van der Waals surface area contributed by atoms with E-state index in [2.05, 4.69) is 76.7 Å². The van der Waals surface area contributed by atoms with Crippen LogP contribution in [0.1, 0.15) is 83.8 Å². The Kier molecular flexibility index (Phi) is 10.1. The second-order valence-corrected chi connectivity index (χ2v) is 6.16. The van der Waals surface area contributed by atoms with Crippen molar-refractivity contribution in [3.63, 3.8) is 0 Å². The summed E-state index contributed by atoms with van der Waals surface area (Å²) in [4.78, 5) is 0. The number of nitrogens with two attached hydrogens (primary N) is 2. The highest BCUT2D eigenvalue weighted by Crippen LogP contribution is 2.33. The van der Waals surface area contributed by atoms with Crippen molar-refractivity contribution in [2.75, 3.05) is 5.32 Å². The smallest absolute Gasteiger partial charge is 0.0412 e. The Balaban J connectivity index is 0.00000191. The number of hydrazine groups is 1. The maximum atomic E-state index is 4.00. The van der Waals surface area contributed by atoms with Crippen LogP contribution in [0, 0.1) is 0 Å². The monoisotopic (exact) mass is 293 g/mol. The molecule has 1 aromatic carbocycles. The molecule has 0 aliphatic rings. The minimum absolute atomic E-state index is 0.570. The molecule has 1 rings (SSSR count). The molecule has 5 N–H and O–H groups in total. The van der Waals surface area contributed by atoms with Crippen LogP contribution >= 0.6 is 0 Å². The van der Waals surface area contributed by atoms with Gasteiger partial charge in [0.15, 0.2) is 0 Å². The molecule has 0 saturated carbocycles. The number of hydrogen-bond acceptors (Lipinski definition) is 3. The molecule has 0 aliphatic heterocycles. The van der Waals surface area contributed by atoms with E-state index in [1.807, 2.05) is 0 Å². The van der Waals surface area contributed by atoms with Gasteiger partial charge in [0.2, 0.25) is 0 Å². The third-order valence-electron chi connectivity index (χ3n) is 3.85. The summed E-state index contributed by atoms with van der Waals surface area (Å²) in [6.07, 6.45) is 3.69. The van der Waals surface area contributed by atoms with Crippen LogP contribution in [0.2, 0.25) is 0 Å². The third-order valence-corrected chi connectivity index (χ3v) is 3.85. The third kappa shape index (κ3) is 6.06. The first kappa shape index (κ1) is 19.9. The van der Waals surface area contributed by atoms with E-state index in [0.717, 1.165) is 0 Å². The highest BCUT2D eigenvalue weighted by atomic mass is 15.0. The van der Waals surface area contributed by atoms with Crippen LogP contribution in [0.15, 0.2) is 18.2 Å². The molecule has 0 bridgehead atoms. The van der Waals surface area contributed by atoms with Crippen molar-refractivity contribution < 1.29 is 0 Å². The summed E-state index contributed by atoms with van der Waals surface area (Å²) in [5.74, 6) is 9.14. The Labute approximate surface area is 131 Å². The second-order valence-electron chi connectivity index (χ2n) is 6.16. The molecule has 0 spiro atoms. The van der Waals surface area contributed by atoms with Gasteiger partial charge in [0.1, 0.15) is 0 Å². The summed E-state index contributed by atoms with van der Waals surface area (Å²) in [5, 5.41) is 3.83. The van der Waals surface area contributed by atoms with Gasteiger partial charge >= 0.3 is 0 Å². The van der Waals surface area contributed by atoms with E-state index in [1.54, 1.807) is 0 Å². The Hall–Kier alpha value is -1.06. The molecule has 0 amide bonds. The van der Waals surface area contributed by atoms with Crippen LogP contribution in [0.3, 0.4) is 0 Å². The largest absolute Gasteiger partial charge is 0.382 e. The van der Waals surface area contributed by atoms with E-state index in [-0.39, 0.29) is 0 Å². The minimum Gasteiger partial charge on any atom is -0.382 e. The van der Waals surface area contributed by atoms with Gasteiger partial charge in [0.25, 0.3) is 0 Å². The number of benzene rings is 1. The standard InChI is InChI=1S/C18H31N.H4N2/c1-7-10-15(8-2)19-18-16(13(3)4)11-9-12-17(18)14(5)6;1-2/h9,11-15,19H,7-8,10H2,1-6H3;1-2H2. The van der Waals surface area contributed by atoms with Crippen molar-refractivity contribution >= 4 is 5.69 Å². The quantitative estimate of drug-likeness (QED) is 0.502. The zero-order valence-electron chi connectivity index (χ0n) is 14.7. The summed E-state index contributed by atoms with van der Waals surface area (Å²) >= 11 is 0. The zero-order chi connectivity index (χ0) is 16.4.